The van der Waals surface area contributed by atoms with Crippen molar-refractivity contribution in [2.45, 2.75) is 52.5 Å². The zero-order chi connectivity index (χ0) is 16.7. The number of carbonyl (C=O) groups excluding carboxylic acids is 1. The van der Waals surface area contributed by atoms with E-state index in [0.717, 1.165) is 36.4 Å². The van der Waals surface area contributed by atoms with Crippen LogP contribution in [0.3, 0.4) is 0 Å². The van der Waals surface area contributed by atoms with Gasteiger partial charge in [-0.3, -0.25) is 0 Å². The highest BCUT2D eigenvalue weighted by Crippen LogP contribution is 2.52. The first kappa shape index (κ1) is 16.6. The van der Waals surface area contributed by atoms with Gasteiger partial charge in [-0.05, 0) is 54.2 Å². The first-order valence-corrected chi connectivity index (χ1v) is 8.93. The zero-order valence-electron chi connectivity index (χ0n) is 14.4. The standard InChI is InChI=1S/C19H27ClN2O/c1-18(2)10-16-11-19(3,12-18)13-22(16)17(23)21-8-7-14-5-4-6-15(20)9-14/h4-6,9,16H,7-8,10-13H2,1-3H3,(H,21,23). The number of urea groups is 1. The predicted octanol–water partition coefficient (Wildman–Crippen LogP) is 4.49. The fourth-order valence-corrected chi connectivity index (χ4v) is 5.02. The number of benzene rings is 1. The fraction of sp³-hybridized carbons (Fsp3) is 0.632. The lowest BCUT2D eigenvalue weighted by Gasteiger charge is -2.39. The van der Waals surface area contributed by atoms with Gasteiger partial charge in [0, 0.05) is 24.2 Å². The van der Waals surface area contributed by atoms with E-state index in [4.69, 9.17) is 11.6 Å². The molecule has 0 aromatic heterocycles. The highest BCUT2D eigenvalue weighted by atomic mass is 35.5. The van der Waals surface area contributed by atoms with Crippen LogP contribution in [0.5, 0.6) is 0 Å². The van der Waals surface area contributed by atoms with E-state index < -0.39 is 0 Å². The van der Waals surface area contributed by atoms with Gasteiger partial charge in [0.2, 0.25) is 0 Å². The molecule has 2 bridgehead atoms. The number of fused-ring (bicyclic) bond motifs is 2. The molecule has 2 atom stereocenters. The number of halogens is 1. The molecule has 2 fully saturated rings. The van der Waals surface area contributed by atoms with E-state index in [0.29, 0.717) is 18.0 Å². The van der Waals surface area contributed by atoms with Crippen molar-refractivity contribution in [1.29, 1.82) is 0 Å². The second-order valence-corrected chi connectivity index (χ2v) is 8.89. The largest absolute Gasteiger partial charge is 0.338 e. The van der Waals surface area contributed by atoms with Crippen molar-refractivity contribution in [1.82, 2.24) is 10.2 Å². The molecule has 4 heteroatoms. The molecule has 1 aromatic carbocycles. The topological polar surface area (TPSA) is 32.3 Å². The van der Waals surface area contributed by atoms with E-state index in [1.54, 1.807) is 0 Å². The van der Waals surface area contributed by atoms with Gasteiger partial charge in [-0.1, -0.05) is 44.5 Å². The number of carbonyl (C=O) groups is 1. The SMILES string of the molecule is CC1(C)CC2CC(C)(CN2C(=O)NCCc2cccc(Cl)c2)C1. The van der Waals surface area contributed by atoms with Crippen LogP contribution in [0.15, 0.2) is 24.3 Å². The van der Waals surface area contributed by atoms with Crippen LogP contribution in [-0.4, -0.2) is 30.1 Å². The fourth-order valence-electron chi connectivity index (χ4n) is 4.81. The predicted molar refractivity (Wildman–Crippen MR) is 94.8 cm³/mol. The van der Waals surface area contributed by atoms with E-state index in [1.165, 1.54) is 6.42 Å². The number of likely N-dealkylation sites (tertiary alicyclic amines) is 1. The summed E-state index contributed by atoms with van der Waals surface area (Å²) in [6, 6.07) is 8.32. The highest BCUT2D eigenvalue weighted by Gasteiger charge is 2.50. The molecule has 23 heavy (non-hydrogen) atoms. The van der Waals surface area contributed by atoms with Crippen LogP contribution in [0.25, 0.3) is 0 Å². The van der Waals surface area contributed by atoms with Gasteiger partial charge in [0.1, 0.15) is 0 Å². The average molecular weight is 335 g/mol. The molecular formula is C19H27ClN2O. The van der Waals surface area contributed by atoms with Crippen LogP contribution in [-0.2, 0) is 6.42 Å². The molecule has 1 aliphatic carbocycles. The second kappa shape index (κ2) is 6.01. The summed E-state index contributed by atoms with van der Waals surface area (Å²) in [5.41, 5.74) is 1.79. The van der Waals surface area contributed by atoms with E-state index in [2.05, 4.69) is 31.0 Å². The van der Waals surface area contributed by atoms with Crippen molar-refractivity contribution < 1.29 is 4.79 Å². The summed E-state index contributed by atoms with van der Waals surface area (Å²) in [7, 11) is 0. The molecule has 1 aliphatic heterocycles. The van der Waals surface area contributed by atoms with Crippen molar-refractivity contribution in [3.63, 3.8) is 0 Å². The molecule has 3 nitrogen and oxygen atoms in total. The lowest BCUT2D eigenvalue weighted by atomic mass is 9.65. The van der Waals surface area contributed by atoms with Crippen LogP contribution in [0.4, 0.5) is 4.79 Å². The van der Waals surface area contributed by atoms with Crippen LogP contribution >= 0.6 is 11.6 Å². The number of amides is 2. The number of nitrogens with one attached hydrogen (secondary N) is 1. The summed E-state index contributed by atoms with van der Waals surface area (Å²) in [6.07, 6.45) is 4.29. The number of rotatable bonds is 3. The minimum Gasteiger partial charge on any atom is -0.338 e. The molecule has 2 unspecified atom stereocenters. The lowest BCUT2D eigenvalue weighted by Crippen LogP contribution is -2.44. The summed E-state index contributed by atoms with van der Waals surface area (Å²) >= 11 is 6.00. The molecule has 2 aliphatic rings. The molecule has 3 rings (SSSR count). The van der Waals surface area contributed by atoms with E-state index in [-0.39, 0.29) is 11.4 Å². The lowest BCUT2D eigenvalue weighted by molar-refractivity contribution is 0.129. The Morgan fingerprint density at radius 2 is 2.13 bits per heavy atom. The third kappa shape index (κ3) is 3.82. The Labute approximate surface area is 144 Å². The van der Waals surface area contributed by atoms with Crippen molar-refractivity contribution in [2.24, 2.45) is 10.8 Å². The summed E-state index contributed by atoms with van der Waals surface area (Å²) in [5, 5.41) is 3.84. The van der Waals surface area contributed by atoms with Gasteiger partial charge < -0.3 is 10.2 Å². The Morgan fingerprint density at radius 3 is 2.87 bits per heavy atom. The molecular weight excluding hydrogens is 308 g/mol. The Balaban J connectivity index is 1.55. The smallest absolute Gasteiger partial charge is 0.317 e. The maximum absolute atomic E-state index is 12.6. The normalized spacial score (nSPS) is 28.7. The Kier molecular flexibility index (Phi) is 4.35. The quantitative estimate of drug-likeness (QED) is 0.867. The summed E-state index contributed by atoms with van der Waals surface area (Å²) in [5.74, 6) is 0. The Morgan fingerprint density at radius 1 is 1.35 bits per heavy atom. The van der Waals surface area contributed by atoms with E-state index >= 15 is 0 Å². The van der Waals surface area contributed by atoms with Gasteiger partial charge in [-0.2, -0.15) is 0 Å². The highest BCUT2D eigenvalue weighted by molar-refractivity contribution is 6.30. The van der Waals surface area contributed by atoms with Crippen molar-refractivity contribution in [3.8, 4) is 0 Å². The third-order valence-corrected chi connectivity index (χ3v) is 5.49. The molecule has 0 spiro atoms. The molecule has 1 N–H and O–H groups in total. The van der Waals surface area contributed by atoms with Gasteiger partial charge in [0.15, 0.2) is 0 Å². The summed E-state index contributed by atoms with van der Waals surface area (Å²) in [6.45, 7) is 8.54. The molecule has 1 saturated carbocycles. The van der Waals surface area contributed by atoms with Crippen molar-refractivity contribution >= 4 is 17.6 Å². The van der Waals surface area contributed by atoms with Gasteiger partial charge >= 0.3 is 6.03 Å². The van der Waals surface area contributed by atoms with E-state index in [9.17, 15) is 4.79 Å². The van der Waals surface area contributed by atoms with Crippen LogP contribution in [0.1, 0.15) is 45.6 Å². The minimum absolute atomic E-state index is 0.0958. The van der Waals surface area contributed by atoms with Gasteiger partial charge in [0.05, 0.1) is 0 Å². The van der Waals surface area contributed by atoms with Crippen molar-refractivity contribution in [2.75, 3.05) is 13.1 Å². The molecule has 1 aromatic rings. The number of nitrogens with zero attached hydrogens (tertiary/aromatic N) is 1. The van der Waals surface area contributed by atoms with Crippen LogP contribution in [0.2, 0.25) is 5.02 Å². The molecule has 2 amide bonds. The third-order valence-electron chi connectivity index (χ3n) is 5.25. The van der Waals surface area contributed by atoms with E-state index in [1.807, 2.05) is 24.3 Å². The average Bonchev–Trinajstić information content (AvgIpc) is 2.68. The van der Waals surface area contributed by atoms with Gasteiger partial charge in [0.25, 0.3) is 0 Å². The Hall–Kier alpha value is -1.22. The van der Waals surface area contributed by atoms with Crippen LogP contribution in [0, 0.1) is 10.8 Å². The summed E-state index contributed by atoms with van der Waals surface area (Å²) < 4.78 is 0. The first-order chi connectivity index (χ1) is 10.8. The number of hydrogen-bond acceptors (Lipinski definition) is 1. The van der Waals surface area contributed by atoms with Crippen molar-refractivity contribution in [3.05, 3.63) is 34.9 Å². The molecule has 1 saturated heterocycles. The second-order valence-electron chi connectivity index (χ2n) is 8.45. The molecule has 126 valence electrons. The van der Waals surface area contributed by atoms with Crippen LogP contribution < -0.4 is 5.32 Å². The van der Waals surface area contributed by atoms with Gasteiger partial charge in [-0.15, -0.1) is 0 Å². The summed E-state index contributed by atoms with van der Waals surface area (Å²) in [4.78, 5) is 14.7. The number of hydrogen-bond donors (Lipinski definition) is 1. The maximum atomic E-state index is 12.6. The molecule has 1 heterocycles. The minimum atomic E-state index is 0.0958. The molecule has 0 radical (unpaired) electrons. The zero-order valence-corrected chi connectivity index (χ0v) is 15.1. The monoisotopic (exact) mass is 334 g/mol. The maximum Gasteiger partial charge on any atom is 0.317 e. The Bertz CT molecular complexity index is 601. The van der Waals surface area contributed by atoms with Gasteiger partial charge in [-0.25, -0.2) is 4.79 Å². The first-order valence-electron chi connectivity index (χ1n) is 8.55.